The van der Waals surface area contributed by atoms with Crippen LogP contribution in [0.25, 0.3) is 11.0 Å². The number of para-hydroxylation sites is 2. The monoisotopic (exact) mass is 426 g/mol. The van der Waals surface area contributed by atoms with Crippen molar-refractivity contribution in [1.29, 1.82) is 0 Å². The third-order valence-corrected chi connectivity index (χ3v) is 5.49. The number of ether oxygens (including phenoxy) is 1. The number of imidazole rings is 1. The number of aromatic amines is 1. The molecule has 1 fully saturated rings. The molecule has 2 amide bonds. The number of rotatable bonds is 7. The minimum absolute atomic E-state index is 0.113. The van der Waals surface area contributed by atoms with E-state index in [1.165, 1.54) is 0 Å². The molecule has 0 radical (unpaired) electrons. The van der Waals surface area contributed by atoms with Gasteiger partial charge in [-0.15, -0.1) is 0 Å². The molecule has 1 atom stereocenters. The maximum atomic E-state index is 12.6. The zero-order chi connectivity index (χ0) is 21.1. The largest absolute Gasteiger partial charge is 0.495 e. The quantitative estimate of drug-likeness (QED) is 0.567. The summed E-state index contributed by atoms with van der Waals surface area (Å²) in [6, 6.07) is 13.0. The SMILES string of the molecule is COc1ccc(Cl)cc1N1CC(C(=O)NCCCc2nc3ccccc3[nH]2)CC1=O. The van der Waals surface area contributed by atoms with Gasteiger partial charge in [0.05, 0.1) is 29.7 Å². The molecule has 3 aromatic rings. The molecular weight excluding hydrogens is 404 g/mol. The number of carbonyl (C=O) groups excluding carboxylic acids is 2. The number of H-pyrrole nitrogens is 1. The molecule has 30 heavy (non-hydrogen) atoms. The van der Waals surface area contributed by atoms with Gasteiger partial charge in [-0.25, -0.2) is 4.98 Å². The van der Waals surface area contributed by atoms with Crippen molar-refractivity contribution in [2.45, 2.75) is 19.3 Å². The van der Waals surface area contributed by atoms with Gasteiger partial charge in [-0.3, -0.25) is 9.59 Å². The highest BCUT2D eigenvalue weighted by atomic mass is 35.5. The van der Waals surface area contributed by atoms with Crippen LogP contribution in [0.1, 0.15) is 18.7 Å². The predicted molar refractivity (Wildman–Crippen MR) is 116 cm³/mol. The second-order valence-corrected chi connectivity index (χ2v) is 7.75. The Balaban J connectivity index is 1.30. The van der Waals surface area contributed by atoms with Crippen LogP contribution in [0.2, 0.25) is 5.02 Å². The summed E-state index contributed by atoms with van der Waals surface area (Å²) in [4.78, 5) is 34.5. The molecule has 156 valence electrons. The highest BCUT2D eigenvalue weighted by Gasteiger charge is 2.36. The maximum absolute atomic E-state index is 12.6. The van der Waals surface area contributed by atoms with Crippen molar-refractivity contribution in [3.63, 3.8) is 0 Å². The van der Waals surface area contributed by atoms with Crippen LogP contribution in [0.5, 0.6) is 5.75 Å². The second kappa shape index (κ2) is 8.75. The summed E-state index contributed by atoms with van der Waals surface area (Å²) in [6.45, 7) is 0.839. The summed E-state index contributed by atoms with van der Waals surface area (Å²) in [5, 5.41) is 3.46. The Kier molecular flexibility index (Phi) is 5.90. The van der Waals surface area contributed by atoms with Gasteiger partial charge in [0.25, 0.3) is 0 Å². The minimum atomic E-state index is -0.396. The highest BCUT2D eigenvalue weighted by molar-refractivity contribution is 6.31. The fraction of sp³-hybridized carbons (Fsp3) is 0.318. The number of nitrogens with zero attached hydrogens (tertiary/aromatic N) is 2. The van der Waals surface area contributed by atoms with E-state index < -0.39 is 5.92 Å². The number of methoxy groups -OCH3 is 1. The summed E-state index contributed by atoms with van der Waals surface area (Å²) in [5.41, 5.74) is 2.55. The van der Waals surface area contributed by atoms with E-state index in [9.17, 15) is 9.59 Å². The number of hydrogen-bond donors (Lipinski definition) is 2. The average Bonchev–Trinajstić information content (AvgIpc) is 3.34. The molecule has 7 nitrogen and oxygen atoms in total. The molecule has 2 heterocycles. The van der Waals surface area contributed by atoms with Crippen LogP contribution in [-0.2, 0) is 16.0 Å². The Morgan fingerprint density at radius 1 is 1.33 bits per heavy atom. The van der Waals surface area contributed by atoms with Crippen molar-refractivity contribution < 1.29 is 14.3 Å². The Morgan fingerprint density at radius 3 is 2.97 bits per heavy atom. The van der Waals surface area contributed by atoms with Gasteiger partial charge in [-0.1, -0.05) is 23.7 Å². The van der Waals surface area contributed by atoms with Gasteiger partial charge >= 0.3 is 0 Å². The van der Waals surface area contributed by atoms with Crippen molar-refractivity contribution in [3.05, 3.63) is 53.3 Å². The summed E-state index contributed by atoms with van der Waals surface area (Å²) in [6.07, 6.45) is 1.67. The normalized spacial score (nSPS) is 16.3. The van der Waals surface area contributed by atoms with E-state index in [1.807, 2.05) is 24.3 Å². The first-order chi connectivity index (χ1) is 14.5. The molecule has 1 unspecified atom stereocenters. The van der Waals surface area contributed by atoms with Crippen molar-refractivity contribution in [2.24, 2.45) is 5.92 Å². The molecule has 0 spiro atoms. The number of anilines is 1. The standard InChI is InChI=1S/C22H23ClN4O3/c1-30-19-9-8-15(23)12-18(19)27-13-14(11-21(27)28)22(29)24-10-4-7-20-25-16-5-2-3-6-17(16)26-20/h2-3,5-6,8-9,12,14H,4,7,10-11,13H2,1H3,(H,24,29)(H,25,26). The summed E-state index contributed by atoms with van der Waals surface area (Å²) >= 11 is 6.08. The third-order valence-electron chi connectivity index (χ3n) is 5.26. The first-order valence-electron chi connectivity index (χ1n) is 9.90. The predicted octanol–water partition coefficient (Wildman–Crippen LogP) is 3.33. The zero-order valence-electron chi connectivity index (χ0n) is 16.7. The van der Waals surface area contributed by atoms with Gasteiger partial charge in [0.15, 0.2) is 0 Å². The average molecular weight is 427 g/mol. The van der Waals surface area contributed by atoms with E-state index in [1.54, 1.807) is 30.2 Å². The Bertz CT molecular complexity index is 1050. The van der Waals surface area contributed by atoms with Gasteiger partial charge in [-0.05, 0) is 36.8 Å². The van der Waals surface area contributed by atoms with Gasteiger partial charge in [0, 0.05) is 31.0 Å². The Hall–Kier alpha value is -3.06. The molecule has 4 rings (SSSR count). The van der Waals surface area contributed by atoms with Crippen LogP contribution < -0.4 is 15.0 Å². The smallest absolute Gasteiger partial charge is 0.227 e. The lowest BCUT2D eigenvalue weighted by atomic mass is 10.1. The summed E-state index contributed by atoms with van der Waals surface area (Å²) in [5.74, 6) is 0.835. The second-order valence-electron chi connectivity index (χ2n) is 7.32. The molecule has 0 aliphatic carbocycles. The maximum Gasteiger partial charge on any atom is 0.227 e. The van der Waals surface area contributed by atoms with Gasteiger partial charge in [-0.2, -0.15) is 0 Å². The van der Waals surface area contributed by atoms with Crippen LogP contribution in [0.15, 0.2) is 42.5 Å². The topological polar surface area (TPSA) is 87.3 Å². The van der Waals surface area contributed by atoms with Gasteiger partial charge in [0.1, 0.15) is 11.6 Å². The summed E-state index contributed by atoms with van der Waals surface area (Å²) < 4.78 is 5.34. The molecule has 1 saturated heterocycles. The number of benzene rings is 2. The molecular formula is C22H23ClN4O3. The van der Waals surface area contributed by atoms with E-state index in [2.05, 4.69) is 15.3 Å². The van der Waals surface area contributed by atoms with Crippen molar-refractivity contribution in [2.75, 3.05) is 25.1 Å². The lowest BCUT2D eigenvalue weighted by Gasteiger charge is -2.19. The lowest BCUT2D eigenvalue weighted by molar-refractivity contribution is -0.126. The number of fused-ring (bicyclic) bond motifs is 1. The molecule has 0 bridgehead atoms. The van der Waals surface area contributed by atoms with Crippen molar-refractivity contribution >= 4 is 40.1 Å². The van der Waals surface area contributed by atoms with Gasteiger partial charge < -0.3 is 19.9 Å². The number of carbonyl (C=O) groups is 2. The summed E-state index contributed by atoms with van der Waals surface area (Å²) in [7, 11) is 1.54. The van der Waals surface area contributed by atoms with Gasteiger partial charge in [0.2, 0.25) is 11.8 Å². The molecule has 8 heteroatoms. The van der Waals surface area contributed by atoms with E-state index in [0.29, 0.717) is 29.5 Å². The first kappa shape index (κ1) is 20.2. The molecule has 1 aromatic heterocycles. The molecule has 1 aliphatic rings. The number of amides is 2. The molecule has 2 N–H and O–H groups in total. The number of hydrogen-bond acceptors (Lipinski definition) is 4. The number of halogens is 1. The van der Waals surface area contributed by atoms with Crippen LogP contribution in [0.3, 0.4) is 0 Å². The number of nitrogens with one attached hydrogen (secondary N) is 2. The van der Waals surface area contributed by atoms with Crippen molar-refractivity contribution in [1.82, 2.24) is 15.3 Å². The lowest BCUT2D eigenvalue weighted by Crippen LogP contribution is -2.33. The molecule has 2 aromatic carbocycles. The fourth-order valence-electron chi connectivity index (χ4n) is 3.73. The van der Waals surface area contributed by atoms with E-state index in [-0.39, 0.29) is 18.2 Å². The van der Waals surface area contributed by atoms with E-state index in [4.69, 9.17) is 16.3 Å². The molecule has 1 aliphatic heterocycles. The third kappa shape index (κ3) is 4.26. The first-order valence-corrected chi connectivity index (χ1v) is 10.3. The Labute approximate surface area is 179 Å². The number of aryl methyl sites for hydroxylation is 1. The van der Waals surface area contributed by atoms with Crippen LogP contribution in [0.4, 0.5) is 5.69 Å². The van der Waals surface area contributed by atoms with Crippen LogP contribution in [-0.4, -0.2) is 42.0 Å². The minimum Gasteiger partial charge on any atom is -0.495 e. The van der Waals surface area contributed by atoms with Crippen LogP contribution in [0, 0.1) is 5.92 Å². The number of aromatic nitrogens is 2. The van der Waals surface area contributed by atoms with E-state index in [0.717, 1.165) is 29.7 Å². The Morgan fingerprint density at radius 2 is 2.17 bits per heavy atom. The highest BCUT2D eigenvalue weighted by Crippen LogP contribution is 2.35. The van der Waals surface area contributed by atoms with E-state index >= 15 is 0 Å². The molecule has 0 saturated carbocycles. The fourth-order valence-corrected chi connectivity index (χ4v) is 3.89. The van der Waals surface area contributed by atoms with Crippen molar-refractivity contribution in [3.8, 4) is 5.75 Å². The zero-order valence-corrected chi connectivity index (χ0v) is 17.4. The van der Waals surface area contributed by atoms with Crippen LogP contribution >= 0.6 is 11.6 Å².